The summed E-state index contributed by atoms with van der Waals surface area (Å²) in [4.78, 5) is 41.4. The first kappa shape index (κ1) is 28.2. The lowest BCUT2D eigenvalue weighted by Gasteiger charge is -2.69. The molecule has 1 N–H and O–H groups in total. The van der Waals surface area contributed by atoms with Gasteiger partial charge in [0, 0.05) is 23.3 Å². The molecule has 7 atom stereocenters. The molecule has 5 aliphatic carbocycles. The van der Waals surface area contributed by atoms with E-state index in [2.05, 4.69) is 46.0 Å². The highest BCUT2D eigenvalue weighted by atomic mass is 19.1. The minimum absolute atomic E-state index is 0.00430. The van der Waals surface area contributed by atoms with Crippen molar-refractivity contribution in [3.63, 3.8) is 0 Å². The Balaban J connectivity index is 1.67. The maximum Gasteiger partial charge on any atom is 0.226 e. The van der Waals surface area contributed by atoms with Gasteiger partial charge < -0.3 is 5.32 Å². The minimum Gasteiger partial charge on any atom is -0.353 e. The van der Waals surface area contributed by atoms with Gasteiger partial charge in [0.15, 0.2) is 11.6 Å². The van der Waals surface area contributed by atoms with E-state index in [0.29, 0.717) is 6.42 Å². The van der Waals surface area contributed by atoms with Gasteiger partial charge in [-0.2, -0.15) is 5.26 Å². The fourth-order valence-electron chi connectivity index (χ4n) is 10.4. The maximum atomic E-state index is 14.4. The Labute approximate surface area is 233 Å². The van der Waals surface area contributed by atoms with E-state index in [9.17, 15) is 24.0 Å². The van der Waals surface area contributed by atoms with Crippen LogP contribution in [0.5, 0.6) is 0 Å². The molecule has 0 aromatic carbocycles. The van der Waals surface area contributed by atoms with Crippen molar-refractivity contribution in [2.24, 2.45) is 50.2 Å². The molecule has 0 aromatic rings. The number of amides is 1. The number of hydrogen-bond acceptors (Lipinski definition) is 4. The molecule has 0 radical (unpaired) electrons. The SMILES string of the molecule is CC1(C)CC[C@]2(C(=O)NCCF)CC[C@]3(C)C(C(=O)C=C4[C@@]5(C)C=C(C#N)C(=O)C(C)(C)[C@@H]5CC[C@]43C)C2C1. The second-order valence-electron chi connectivity index (χ2n) is 15.4. The molecule has 212 valence electrons. The summed E-state index contributed by atoms with van der Waals surface area (Å²) < 4.78 is 13.1. The van der Waals surface area contributed by atoms with E-state index in [0.717, 1.165) is 44.1 Å². The van der Waals surface area contributed by atoms with Crippen LogP contribution in [0.15, 0.2) is 23.3 Å². The van der Waals surface area contributed by atoms with Gasteiger partial charge in [-0.3, -0.25) is 14.4 Å². The number of nitriles is 1. The summed E-state index contributed by atoms with van der Waals surface area (Å²) in [5.41, 5.74) is -1.32. The number of carbonyl (C=O) groups excluding carboxylic acids is 3. The molecule has 0 aliphatic heterocycles. The summed E-state index contributed by atoms with van der Waals surface area (Å²) in [5.74, 6) is -0.507. The fraction of sp³-hybridized carbons (Fsp3) is 0.758. The lowest BCUT2D eigenvalue weighted by Crippen LogP contribution is -2.66. The van der Waals surface area contributed by atoms with Gasteiger partial charge in [0.2, 0.25) is 5.91 Å². The van der Waals surface area contributed by atoms with Crippen molar-refractivity contribution in [1.82, 2.24) is 5.32 Å². The molecule has 5 nitrogen and oxygen atoms in total. The third-order valence-electron chi connectivity index (χ3n) is 12.7. The van der Waals surface area contributed by atoms with Crippen molar-refractivity contribution < 1.29 is 18.8 Å². The number of allylic oxidation sites excluding steroid dienone is 4. The zero-order valence-electron chi connectivity index (χ0n) is 24.8. The zero-order chi connectivity index (χ0) is 28.8. The van der Waals surface area contributed by atoms with Crippen LogP contribution in [0.4, 0.5) is 4.39 Å². The number of nitrogens with zero attached hydrogens (tertiary/aromatic N) is 1. The summed E-state index contributed by atoms with van der Waals surface area (Å²) in [7, 11) is 0. The van der Waals surface area contributed by atoms with Crippen LogP contribution < -0.4 is 5.32 Å². The molecule has 39 heavy (non-hydrogen) atoms. The Bertz CT molecular complexity index is 1240. The van der Waals surface area contributed by atoms with Crippen LogP contribution in [0.1, 0.15) is 93.4 Å². The Kier molecular flexibility index (Phi) is 6.23. The second kappa shape index (κ2) is 8.60. The fourth-order valence-corrected chi connectivity index (χ4v) is 10.4. The smallest absolute Gasteiger partial charge is 0.226 e. The number of nitrogens with one attached hydrogen (secondary N) is 1. The molecule has 0 bridgehead atoms. The third kappa shape index (κ3) is 3.56. The molecule has 2 unspecified atom stereocenters. The first-order valence-corrected chi connectivity index (χ1v) is 14.8. The van der Waals surface area contributed by atoms with Crippen molar-refractivity contribution in [1.29, 1.82) is 5.26 Å². The van der Waals surface area contributed by atoms with Gasteiger partial charge >= 0.3 is 0 Å². The standard InChI is InChI=1S/C33H45FN2O3/c1-28(2)10-12-33(27(39)36-15-14-34)13-11-32(7)25(21(33)18-28)22(37)16-24-30(5)17-20(19-35)26(38)29(3,4)23(30)8-9-31(24,32)6/h16-17,21,23,25H,8-15,18H2,1-7H3,(H,36,39)/t21?,23-,25?,30-,31+,32+,33-/m0/s1. The maximum absolute atomic E-state index is 14.4. The molecule has 3 fully saturated rings. The number of rotatable bonds is 3. The quantitative estimate of drug-likeness (QED) is 0.459. The monoisotopic (exact) mass is 536 g/mol. The number of hydrogen-bond donors (Lipinski definition) is 1. The van der Waals surface area contributed by atoms with E-state index in [4.69, 9.17) is 0 Å². The molecule has 3 saturated carbocycles. The largest absolute Gasteiger partial charge is 0.353 e. The van der Waals surface area contributed by atoms with Crippen molar-refractivity contribution in [3.8, 4) is 6.07 Å². The number of carbonyl (C=O) groups is 3. The Morgan fingerprint density at radius 3 is 2.36 bits per heavy atom. The van der Waals surface area contributed by atoms with Crippen LogP contribution in [-0.2, 0) is 14.4 Å². The van der Waals surface area contributed by atoms with Gasteiger partial charge in [-0.1, -0.05) is 60.1 Å². The number of halogens is 1. The highest BCUT2D eigenvalue weighted by molar-refractivity contribution is 6.04. The zero-order valence-corrected chi connectivity index (χ0v) is 24.8. The normalized spacial score (nSPS) is 43.9. The minimum atomic E-state index is -0.693. The third-order valence-corrected chi connectivity index (χ3v) is 12.7. The Morgan fingerprint density at radius 2 is 1.72 bits per heavy atom. The first-order chi connectivity index (χ1) is 18.0. The van der Waals surface area contributed by atoms with Gasteiger partial charge in [0.25, 0.3) is 0 Å². The predicted molar refractivity (Wildman–Crippen MR) is 148 cm³/mol. The number of ketones is 2. The molecule has 0 spiro atoms. The lowest BCUT2D eigenvalue weighted by molar-refractivity contribution is -0.178. The van der Waals surface area contributed by atoms with Gasteiger partial charge in [-0.15, -0.1) is 0 Å². The van der Waals surface area contributed by atoms with Crippen molar-refractivity contribution in [2.75, 3.05) is 13.2 Å². The average molecular weight is 537 g/mol. The second-order valence-corrected chi connectivity index (χ2v) is 15.4. The Hall–Kier alpha value is -2.29. The van der Waals surface area contributed by atoms with Crippen molar-refractivity contribution >= 4 is 17.5 Å². The molecule has 0 aromatic heterocycles. The first-order valence-electron chi connectivity index (χ1n) is 14.8. The molecule has 5 rings (SSSR count). The van der Waals surface area contributed by atoms with Crippen LogP contribution in [0.2, 0.25) is 0 Å². The van der Waals surface area contributed by atoms with Crippen LogP contribution in [-0.4, -0.2) is 30.7 Å². The summed E-state index contributed by atoms with van der Waals surface area (Å²) >= 11 is 0. The number of Topliss-reactive ketones (excluding diaryl/α,β-unsaturated/α-hetero) is 1. The van der Waals surface area contributed by atoms with Gasteiger partial charge in [-0.25, -0.2) is 4.39 Å². The van der Waals surface area contributed by atoms with E-state index in [-0.39, 0.29) is 63.6 Å². The lowest BCUT2D eigenvalue weighted by atomic mass is 9.34. The molecule has 5 aliphatic rings. The van der Waals surface area contributed by atoms with Gasteiger partial charge in [0.05, 0.1) is 11.0 Å². The number of alkyl halides is 1. The predicted octanol–water partition coefficient (Wildman–Crippen LogP) is 6.29. The van der Waals surface area contributed by atoms with Crippen LogP contribution >= 0.6 is 0 Å². The van der Waals surface area contributed by atoms with E-state index >= 15 is 0 Å². The van der Waals surface area contributed by atoms with E-state index in [1.165, 1.54) is 0 Å². The summed E-state index contributed by atoms with van der Waals surface area (Å²) in [6.07, 6.45) is 9.30. The van der Waals surface area contributed by atoms with E-state index in [1.54, 1.807) is 0 Å². The summed E-state index contributed by atoms with van der Waals surface area (Å²) in [6, 6.07) is 2.16. The number of fused-ring (bicyclic) bond motifs is 7. The molecule has 1 amide bonds. The molecular formula is C33H45FN2O3. The highest BCUT2D eigenvalue weighted by Crippen LogP contribution is 2.74. The van der Waals surface area contributed by atoms with Gasteiger partial charge in [0.1, 0.15) is 12.7 Å². The van der Waals surface area contributed by atoms with E-state index in [1.807, 2.05) is 26.0 Å². The van der Waals surface area contributed by atoms with Crippen molar-refractivity contribution in [3.05, 3.63) is 23.3 Å². The summed E-state index contributed by atoms with van der Waals surface area (Å²) in [5, 5.41) is 12.7. The molecule has 0 heterocycles. The molecule has 6 heteroatoms. The molecule has 0 saturated heterocycles. The van der Waals surface area contributed by atoms with Crippen LogP contribution in [0, 0.1) is 61.6 Å². The summed E-state index contributed by atoms with van der Waals surface area (Å²) in [6.45, 7) is 14.5. The topological polar surface area (TPSA) is 87.0 Å². The van der Waals surface area contributed by atoms with Crippen molar-refractivity contribution in [2.45, 2.75) is 93.4 Å². The van der Waals surface area contributed by atoms with E-state index < -0.39 is 22.9 Å². The van der Waals surface area contributed by atoms with Crippen LogP contribution in [0.3, 0.4) is 0 Å². The highest BCUT2D eigenvalue weighted by Gasteiger charge is 2.70. The average Bonchev–Trinajstić information content (AvgIpc) is 2.86. The van der Waals surface area contributed by atoms with Crippen LogP contribution in [0.25, 0.3) is 0 Å². The van der Waals surface area contributed by atoms with Gasteiger partial charge in [-0.05, 0) is 79.1 Å². The molecular weight excluding hydrogens is 491 g/mol. The Morgan fingerprint density at radius 1 is 1.05 bits per heavy atom.